The fraction of sp³-hybridized carbons (Fsp3) is 0. The molecule has 0 amide bonds. The molecule has 0 aliphatic rings. The van der Waals surface area contributed by atoms with Crippen molar-refractivity contribution in [2.45, 2.75) is 0 Å². The van der Waals surface area contributed by atoms with Crippen LogP contribution in [-0.4, -0.2) is 4.98 Å². The second kappa shape index (κ2) is 3.65. The summed E-state index contributed by atoms with van der Waals surface area (Å²) < 4.78 is 5.62. The fourth-order valence-corrected chi connectivity index (χ4v) is 1.76. The van der Waals surface area contributed by atoms with Crippen molar-refractivity contribution in [1.82, 2.24) is 4.98 Å². The van der Waals surface area contributed by atoms with Crippen molar-refractivity contribution in [3.8, 4) is 11.5 Å². The Morgan fingerprint density at radius 1 is 1.19 bits per heavy atom. The molecule has 0 atom stereocenters. The van der Waals surface area contributed by atoms with Crippen LogP contribution in [0.2, 0.25) is 5.02 Å². The maximum Gasteiger partial charge on any atom is 0.228 e. The average Bonchev–Trinajstić information content (AvgIpc) is 2.73. The third-order valence-corrected chi connectivity index (χ3v) is 2.66. The van der Waals surface area contributed by atoms with Crippen LogP contribution in [0.4, 0.5) is 0 Å². The van der Waals surface area contributed by atoms with E-state index in [1.165, 1.54) is 0 Å². The van der Waals surface area contributed by atoms with E-state index >= 15 is 0 Å². The molecule has 2 aromatic carbocycles. The van der Waals surface area contributed by atoms with E-state index in [-0.39, 0.29) is 0 Å². The summed E-state index contributed by atoms with van der Waals surface area (Å²) in [7, 11) is 0. The molecule has 0 fully saturated rings. The smallest absolute Gasteiger partial charge is 0.228 e. The van der Waals surface area contributed by atoms with Gasteiger partial charge in [-0.1, -0.05) is 29.8 Å². The fourth-order valence-electron chi connectivity index (χ4n) is 1.56. The molecule has 16 heavy (non-hydrogen) atoms. The van der Waals surface area contributed by atoms with Crippen molar-refractivity contribution in [2.75, 3.05) is 0 Å². The Kier molecular flexibility index (Phi) is 2.15. The van der Waals surface area contributed by atoms with Gasteiger partial charge >= 0.3 is 0 Å². The Hall–Kier alpha value is -1.80. The van der Waals surface area contributed by atoms with Gasteiger partial charge in [0.05, 0.1) is 10.6 Å². The minimum atomic E-state index is 0.531. The summed E-state index contributed by atoms with van der Waals surface area (Å²) in [5, 5.41) is 0.616. The largest absolute Gasteiger partial charge is 0.436 e. The van der Waals surface area contributed by atoms with Gasteiger partial charge in [-0.05, 0) is 30.3 Å². The highest BCUT2D eigenvalue weighted by Crippen LogP contribution is 2.29. The topological polar surface area (TPSA) is 26.0 Å². The van der Waals surface area contributed by atoms with Crippen molar-refractivity contribution in [3.63, 3.8) is 0 Å². The number of benzene rings is 2. The molecule has 0 bridgehead atoms. The van der Waals surface area contributed by atoms with Crippen LogP contribution in [0.1, 0.15) is 0 Å². The third-order valence-electron chi connectivity index (χ3n) is 2.34. The molecule has 2 nitrogen and oxygen atoms in total. The van der Waals surface area contributed by atoms with Crippen molar-refractivity contribution in [1.29, 1.82) is 0 Å². The molecule has 77 valence electrons. The third kappa shape index (κ3) is 1.48. The summed E-state index contributed by atoms with van der Waals surface area (Å²) in [5.41, 5.74) is 2.36. The Labute approximate surface area is 97.5 Å². The van der Waals surface area contributed by atoms with Gasteiger partial charge in [-0.3, -0.25) is 0 Å². The van der Waals surface area contributed by atoms with E-state index in [9.17, 15) is 0 Å². The monoisotopic (exact) mass is 228 g/mol. The molecule has 0 aliphatic heterocycles. The molecule has 1 aromatic heterocycles. The predicted octanol–water partition coefficient (Wildman–Crippen LogP) is 3.95. The number of hydrogen-bond donors (Lipinski definition) is 0. The van der Waals surface area contributed by atoms with Gasteiger partial charge in [-0.2, -0.15) is 0 Å². The Balaban J connectivity index is 2.23. The quantitative estimate of drug-likeness (QED) is 0.630. The Morgan fingerprint density at radius 3 is 2.88 bits per heavy atom. The first-order valence-electron chi connectivity index (χ1n) is 4.86. The average molecular weight is 229 g/mol. The van der Waals surface area contributed by atoms with Crippen LogP contribution in [0.3, 0.4) is 0 Å². The van der Waals surface area contributed by atoms with E-state index in [0.29, 0.717) is 10.9 Å². The Bertz CT molecular complexity index is 612. The van der Waals surface area contributed by atoms with E-state index in [1.54, 1.807) is 18.2 Å². The van der Waals surface area contributed by atoms with Crippen LogP contribution in [0, 0.1) is 6.07 Å². The molecule has 0 aliphatic carbocycles. The van der Waals surface area contributed by atoms with Gasteiger partial charge in [0.25, 0.3) is 0 Å². The van der Waals surface area contributed by atoms with Gasteiger partial charge in [-0.25, -0.2) is 4.98 Å². The first-order chi connectivity index (χ1) is 7.84. The van der Waals surface area contributed by atoms with E-state index < -0.39 is 0 Å². The summed E-state index contributed by atoms with van der Waals surface area (Å²) in [6.07, 6.45) is 0. The molecule has 0 saturated heterocycles. The second-order valence-corrected chi connectivity index (χ2v) is 3.80. The zero-order chi connectivity index (χ0) is 11.0. The number of nitrogens with zero attached hydrogens (tertiary/aromatic N) is 1. The van der Waals surface area contributed by atoms with Crippen molar-refractivity contribution in [2.24, 2.45) is 0 Å². The van der Waals surface area contributed by atoms with Crippen molar-refractivity contribution >= 4 is 22.7 Å². The molecule has 1 heterocycles. The predicted molar refractivity (Wildman–Crippen MR) is 63.3 cm³/mol. The maximum atomic E-state index is 6.07. The summed E-state index contributed by atoms with van der Waals surface area (Å²) in [6.45, 7) is 0. The van der Waals surface area contributed by atoms with Gasteiger partial charge in [0.2, 0.25) is 5.89 Å². The summed E-state index contributed by atoms with van der Waals surface area (Å²) in [6, 6.07) is 15.9. The minimum absolute atomic E-state index is 0.531. The van der Waals surface area contributed by atoms with E-state index in [4.69, 9.17) is 16.0 Å². The lowest BCUT2D eigenvalue weighted by Crippen LogP contribution is -1.77. The normalized spacial score (nSPS) is 10.8. The Morgan fingerprint density at radius 2 is 2.06 bits per heavy atom. The lowest BCUT2D eigenvalue weighted by atomic mass is 10.2. The van der Waals surface area contributed by atoms with Gasteiger partial charge in [0, 0.05) is 0 Å². The number of fused-ring (bicyclic) bond motifs is 1. The van der Waals surface area contributed by atoms with Crippen LogP contribution in [0.5, 0.6) is 0 Å². The lowest BCUT2D eigenvalue weighted by molar-refractivity contribution is 0.620. The first kappa shape index (κ1) is 9.43. The first-order valence-corrected chi connectivity index (χ1v) is 5.24. The molecule has 0 N–H and O–H groups in total. The highest BCUT2D eigenvalue weighted by atomic mass is 35.5. The van der Waals surface area contributed by atoms with E-state index in [0.717, 1.165) is 16.7 Å². The molecule has 3 aromatic rings. The number of oxazole rings is 1. The molecule has 3 heteroatoms. The van der Waals surface area contributed by atoms with Crippen LogP contribution >= 0.6 is 11.6 Å². The lowest BCUT2D eigenvalue weighted by Gasteiger charge is -1.96. The molecular formula is C13H7ClNO. The molecular weight excluding hydrogens is 222 g/mol. The van der Waals surface area contributed by atoms with Gasteiger partial charge in [-0.15, -0.1) is 0 Å². The summed E-state index contributed by atoms with van der Waals surface area (Å²) in [4.78, 5) is 4.37. The number of para-hydroxylation sites is 2. The standard InChI is InChI=1S/C13H7ClNO/c14-10-6-2-1-5-9(10)13-15-11-7-3-4-8-12(11)16-13/h2-8H. The van der Waals surface area contributed by atoms with Crippen molar-refractivity contribution < 1.29 is 4.42 Å². The molecule has 0 saturated carbocycles. The van der Waals surface area contributed by atoms with Crippen LogP contribution in [0.15, 0.2) is 46.9 Å². The number of rotatable bonds is 1. The van der Waals surface area contributed by atoms with E-state index in [2.05, 4.69) is 11.1 Å². The SMILES string of the molecule is Clc1cc[c]cc1-c1nc2ccccc2o1. The van der Waals surface area contributed by atoms with Crippen LogP contribution < -0.4 is 0 Å². The zero-order valence-corrected chi connectivity index (χ0v) is 9.03. The van der Waals surface area contributed by atoms with Crippen molar-refractivity contribution in [3.05, 3.63) is 53.6 Å². The number of aromatic nitrogens is 1. The molecule has 0 spiro atoms. The highest BCUT2D eigenvalue weighted by molar-refractivity contribution is 6.33. The van der Waals surface area contributed by atoms with Gasteiger partial charge < -0.3 is 4.42 Å². The zero-order valence-electron chi connectivity index (χ0n) is 8.27. The van der Waals surface area contributed by atoms with E-state index in [1.807, 2.05) is 24.3 Å². The van der Waals surface area contributed by atoms with Gasteiger partial charge in [0.1, 0.15) is 5.52 Å². The number of hydrogen-bond acceptors (Lipinski definition) is 2. The van der Waals surface area contributed by atoms with Crippen LogP contribution in [-0.2, 0) is 0 Å². The molecule has 3 rings (SSSR count). The minimum Gasteiger partial charge on any atom is -0.436 e. The number of halogens is 1. The van der Waals surface area contributed by atoms with Crippen LogP contribution in [0.25, 0.3) is 22.6 Å². The van der Waals surface area contributed by atoms with Gasteiger partial charge in [0.15, 0.2) is 5.58 Å². The molecule has 1 radical (unpaired) electrons. The highest BCUT2D eigenvalue weighted by Gasteiger charge is 2.10. The maximum absolute atomic E-state index is 6.07. The summed E-state index contributed by atoms with van der Waals surface area (Å²) >= 11 is 6.07. The molecule has 0 unspecified atom stereocenters. The second-order valence-electron chi connectivity index (χ2n) is 3.39. The summed E-state index contributed by atoms with van der Waals surface area (Å²) in [5.74, 6) is 0.531.